The molecule has 0 aliphatic heterocycles. The zero-order chi connectivity index (χ0) is 26.4. The number of aliphatic carboxylic acids is 1. The number of hydrogen-bond donors (Lipinski definition) is 1. The van der Waals surface area contributed by atoms with Crippen LogP contribution in [0.1, 0.15) is 31.9 Å². The largest absolute Gasteiger partial charge is 0.497 e. The van der Waals surface area contributed by atoms with E-state index in [2.05, 4.69) is 0 Å². The van der Waals surface area contributed by atoms with Gasteiger partial charge in [0.1, 0.15) is 5.75 Å². The third kappa shape index (κ3) is 4.40. The van der Waals surface area contributed by atoms with E-state index >= 15 is 0 Å². The maximum absolute atomic E-state index is 14.0. The molecule has 10 heteroatoms. The molecule has 3 aromatic carbocycles. The molecule has 4 aromatic rings. The van der Waals surface area contributed by atoms with Gasteiger partial charge < -0.3 is 9.84 Å². The van der Waals surface area contributed by atoms with Gasteiger partial charge in [0, 0.05) is 5.02 Å². The Morgan fingerprint density at radius 1 is 1.03 bits per heavy atom. The van der Waals surface area contributed by atoms with Crippen LogP contribution in [0, 0.1) is 0 Å². The monoisotopic (exact) mass is 528 g/mol. The van der Waals surface area contributed by atoms with Crippen LogP contribution in [0.4, 0.5) is 0 Å². The molecular weight excluding hydrogens is 504 g/mol. The van der Waals surface area contributed by atoms with Crippen LogP contribution >= 0.6 is 11.6 Å². The van der Waals surface area contributed by atoms with Crippen molar-refractivity contribution in [1.29, 1.82) is 0 Å². The lowest BCUT2D eigenvalue weighted by atomic mass is 9.84. The van der Waals surface area contributed by atoms with E-state index in [9.17, 15) is 23.1 Å². The normalized spacial score (nSPS) is 12.1. The molecule has 1 heterocycles. The van der Waals surface area contributed by atoms with Crippen LogP contribution in [0.5, 0.6) is 5.75 Å². The van der Waals surface area contributed by atoms with Gasteiger partial charge in [-0.15, -0.1) is 0 Å². The first-order valence-corrected chi connectivity index (χ1v) is 12.8. The molecule has 188 valence electrons. The number of rotatable bonds is 6. The molecule has 0 spiro atoms. The Morgan fingerprint density at radius 3 is 2.28 bits per heavy atom. The van der Waals surface area contributed by atoms with E-state index in [1.807, 2.05) is 20.8 Å². The van der Waals surface area contributed by atoms with Crippen LogP contribution in [0.15, 0.2) is 70.4 Å². The quantitative estimate of drug-likeness (QED) is 0.391. The van der Waals surface area contributed by atoms with Crippen molar-refractivity contribution in [1.82, 2.24) is 8.54 Å². The van der Waals surface area contributed by atoms with Gasteiger partial charge in [0.15, 0.2) is 0 Å². The second-order valence-corrected chi connectivity index (χ2v) is 11.6. The molecule has 0 fully saturated rings. The number of para-hydroxylation sites is 1. The topological polar surface area (TPSA) is 108 Å². The molecule has 0 radical (unpaired) electrons. The summed E-state index contributed by atoms with van der Waals surface area (Å²) in [5.41, 5.74) is 0.394. The fourth-order valence-electron chi connectivity index (χ4n) is 4.21. The number of methoxy groups -OCH3 is 1. The van der Waals surface area contributed by atoms with Crippen molar-refractivity contribution in [2.75, 3.05) is 7.11 Å². The average molecular weight is 529 g/mol. The van der Waals surface area contributed by atoms with Crippen LogP contribution < -0.4 is 10.4 Å². The molecule has 0 bridgehead atoms. The number of fused-ring (bicyclic) bond motifs is 1. The summed E-state index contributed by atoms with van der Waals surface area (Å²) in [7, 11) is -2.87. The molecule has 8 nitrogen and oxygen atoms in total. The summed E-state index contributed by atoms with van der Waals surface area (Å²) in [5.74, 6) is -0.615. The van der Waals surface area contributed by atoms with Crippen molar-refractivity contribution in [3.8, 4) is 11.4 Å². The van der Waals surface area contributed by atoms with Crippen LogP contribution in [0.3, 0.4) is 0 Å². The summed E-state index contributed by atoms with van der Waals surface area (Å²) in [6.45, 7) is 5.80. The third-order valence-corrected chi connectivity index (χ3v) is 7.79. The summed E-state index contributed by atoms with van der Waals surface area (Å²) < 4.78 is 34.5. The minimum Gasteiger partial charge on any atom is -0.497 e. The zero-order valence-corrected chi connectivity index (χ0v) is 21.7. The summed E-state index contributed by atoms with van der Waals surface area (Å²) >= 11 is 6.28. The highest BCUT2D eigenvalue weighted by atomic mass is 35.5. The van der Waals surface area contributed by atoms with E-state index in [0.717, 1.165) is 3.97 Å². The van der Waals surface area contributed by atoms with Crippen molar-refractivity contribution in [2.24, 2.45) is 0 Å². The fraction of sp³-hybridized carbons (Fsp3) is 0.231. The van der Waals surface area contributed by atoms with Crippen molar-refractivity contribution in [3.05, 3.63) is 87.3 Å². The second kappa shape index (κ2) is 9.15. The number of aromatic nitrogens is 2. The maximum Gasteiger partial charge on any atom is 0.347 e. The molecular formula is C26H25ClN2O6S. The third-order valence-electron chi connectivity index (χ3n) is 5.85. The fourth-order valence-corrected chi connectivity index (χ4v) is 5.77. The highest BCUT2D eigenvalue weighted by Gasteiger charge is 2.30. The van der Waals surface area contributed by atoms with E-state index in [0.29, 0.717) is 27.6 Å². The SMILES string of the molecule is COc1ccc(S(=O)(=O)n2c(=O)n(-c3c(CC(=O)O)cccc3C(C)(C)C)c3cc(Cl)ccc32)cc1. The Kier molecular flexibility index (Phi) is 6.49. The van der Waals surface area contributed by atoms with E-state index in [1.54, 1.807) is 18.2 Å². The van der Waals surface area contributed by atoms with Crippen molar-refractivity contribution in [3.63, 3.8) is 0 Å². The summed E-state index contributed by atoms with van der Waals surface area (Å²) in [5, 5.41) is 9.86. The Labute approximate surface area is 213 Å². The number of imidazole rings is 1. The van der Waals surface area contributed by atoms with E-state index < -0.39 is 27.1 Å². The minimum absolute atomic E-state index is 0.103. The van der Waals surface area contributed by atoms with E-state index in [-0.39, 0.29) is 22.3 Å². The van der Waals surface area contributed by atoms with Crippen molar-refractivity contribution < 1.29 is 23.1 Å². The number of carboxylic acid groups (broad SMARTS) is 1. The predicted molar refractivity (Wildman–Crippen MR) is 138 cm³/mol. The average Bonchev–Trinajstić information content (AvgIpc) is 3.09. The number of nitrogens with zero attached hydrogens (tertiary/aromatic N) is 2. The van der Waals surface area contributed by atoms with Crippen LogP contribution in [-0.4, -0.2) is 35.1 Å². The molecule has 0 amide bonds. The van der Waals surface area contributed by atoms with E-state index in [4.69, 9.17) is 16.3 Å². The van der Waals surface area contributed by atoms with Gasteiger partial charge >= 0.3 is 11.7 Å². The molecule has 0 aliphatic rings. The van der Waals surface area contributed by atoms with Gasteiger partial charge in [0.05, 0.1) is 35.1 Å². The standard InChI is InChI=1S/C26H25ClN2O6S/c1-26(2,3)20-7-5-6-16(14-23(30)31)24(20)28-22-15-17(27)8-13-21(22)29(25(28)32)36(33,34)19-11-9-18(35-4)10-12-19/h5-13,15H,14H2,1-4H3,(H,30,31). The first kappa shape index (κ1) is 25.5. The van der Waals surface area contributed by atoms with Gasteiger partial charge in [0.2, 0.25) is 0 Å². The number of carbonyl (C=O) groups is 1. The maximum atomic E-state index is 14.0. The van der Waals surface area contributed by atoms with Gasteiger partial charge in [-0.1, -0.05) is 50.6 Å². The molecule has 0 aliphatic carbocycles. The highest BCUT2D eigenvalue weighted by Crippen LogP contribution is 2.34. The lowest BCUT2D eigenvalue weighted by Crippen LogP contribution is -2.31. The molecule has 1 aromatic heterocycles. The van der Waals surface area contributed by atoms with Gasteiger partial charge in [-0.2, -0.15) is 3.97 Å². The number of benzene rings is 3. The Hall–Kier alpha value is -3.56. The molecule has 1 N–H and O–H groups in total. The number of carboxylic acids is 1. The predicted octanol–water partition coefficient (Wildman–Crippen LogP) is 4.62. The Balaban J connectivity index is 2.14. The summed E-state index contributed by atoms with van der Waals surface area (Å²) in [6, 6.07) is 15.3. The smallest absolute Gasteiger partial charge is 0.347 e. The number of ether oxygens (including phenoxy) is 1. The molecule has 0 saturated carbocycles. The van der Waals surface area contributed by atoms with Gasteiger partial charge in [-0.25, -0.2) is 13.2 Å². The molecule has 0 saturated heterocycles. The van der Waals surface area contributed by atoms with Crippen molar-refractivity contribution in [2.45, 2.75) is 37.5 Å². The van der Waals surface area contributed by atoms with Gasteiger partial charge in [-0.05, 0) is 59.0 Å². The molecule has 4 rings (SSSR count). The Bertz CT molecular complexity index is 1640. The van der Waals surface area contributed by atoms with Crippen LogP contribution in [0.25, 0.3) is 16.7 Å². The van der Waals surface area contributed by atoms with Gasteiger partial charge in [0.25, 0.3) is 10.0 Å². The summed E-state index contributed by atoms with van der Waals surface area (Å²) in [6.07, 6.45) is -0.357. The number of halogens is 1. The zero-order valence-electron chi connectivity index (χ0n) is 20.1. The van der Waals surface area contributed by atoms with Crippen molar-refractivity contribution >= 4 is 38.6 Å². The summed E-state index contributed by atoms with van der Waals surface area (Å²) in [4.78, 5) is 25.6. The first-order chi connectivity index (χ1) is 16.9. The Morgan fingerprint density at radius 2 is 1.69 bits per heavy atom. The van der Waals surface area contributed by atoms with E-state index in [1.165, 1.54) is 54.1 Å². The first-order valence-electron chi connectivity index (χ1n) is 11.0. The lowest BCUT2D eigenvalue weighted by Gasteiger charge is -2.25. The van der Waals surface area contributed by atoms with Gasteiger partial charge in [-0.3, -0.25) is 9.36 Å². The van der Waals surface area contributed by atoms with Crippen LogP contribution in [0.2, 0.25) is 5.02 Å². The number of hydrogen-bond acceptors (Lipinski definition) is 5. The second-order valence-electron chi connectivity index (χ2n) is 9.33. The molecule has 0 unspecified atom stereocenters. The lowest BCUT2D eigenvalue weighted by molar-refractivity contribution is -0.136. The molecule has 0 atom stereocenters. The highest BCUT2D eigenvalue weighted by molar-refractivity contribution is 7.90. The van der Waals surface area contributed by atoms with Crippen LogP contribution in [-0.2, 0) is 26.7 Å². The molecule has 36 heavy (non-hydrogen) atoms. The minimum atomic E-state index is -4.34.